The molecule has 0 aliphatic heterocycles. The largest absolute Gasteiger partial charge is 0.507 e. The van der Waals surface area contributed by atoms with E-state index >= 15 is 0 Å². The van der Waals surface area contributed by atoms with Crippen LogP contribution in [0.5, 0.6) is 11.5 Å². The second-order valence-corrected chi connectivity index (χ2v) is 8.92. The molecule has 0 saturated heterocycles. The fourth-order valence-electron chi connectivity index (χ4n) is 3.52. The van der Waals surface area contributed by atoms with Crippen LogP contribution in [0.3, 0.4) is 0 Å². The average Bonchev–Trinajstić information content (AvgIpc) is 2.59. The van der Waals surface area contributed by atoms with E-state index in [0.29, 0.717) is 28.4 Å². The predicted molar refractivity (Wildman–Crippen MR) is 101 cm³/mol. The van der Waals surface area contributed by atoms with Gasteiger partial charge in [-0.05, 0) is 42.7 Å². The molecule has 0 spiro atoms. The van der Waals surface area contributed by atoms with Gasteiger partial charge in [-0.15, -0.1) is 0 Å². The Morgan fingerprint density at radius 1 is 1.38 bits per heavy atom. The van der Waals surface area contributed by atoms with Gasteiger partial charge in [-0.2, -0.15) is 5.26 Å². The van der Waals surface area contributed by atoms with E-state index in [0.717, 1.165) is 6.42 Å². The zero-order chi connectivity index (χ0) is 19.1. The minimum Gasteiger partial charge on any atom is -0.507 e. The summed E-state index contributed by atoms with van der Waals surface area (Å²) in [5.41, 5.74) is 0. The van der Waals surface area contributed by atoms with Gasteiger partial charge in [0.25, 0.3) is 0 Å². The molecule has 2 rings (SSSR count). The smallest absolute Gasteiger partial charge is 0.189 e. The van der Waals surface area contributed by atoms with E-state index < -0.39 is 10.8 Å². The van der Waals surface area contributed by atoms with E-state index in [4.69, 9.17) is 14.7 Å². The van der Waals surface area contributed by atoms with Crippen molar-refractivity contribution < 1.29 is 18.8 Å². The molecule has 26 heavy (non-hydrogen) atoms. The van der Waals surface area contributed by atoms with Crippen LogP contribution in [0.1, 0.15) is 46.5 Å². The molecule has 0 amide bonds. The zero-order valence-electron chi connectivity index (χ0n) is 15.8. The van der Waals surface area contributed by atoms with Gasteiger partial charge in [0, 0.05) is 18.2 Å². The Morgan fingerprint density at radius 2 is 2.15 bits per heavy atom. The summed E-state index contributed by atoms with van der Waals surface area (Å²) in [6.45, 7) is 6.87. The highest BCUT2D eigenvalue weighted by Crippen LogP contribution is 2.35. The van der Waals surface area contributed by atoms with Crippen LogP contribution in [0.2, 0.25) is 0 Å². The topological polar surface area (TPSA) is 79.5 Å². The van der Waals surface area contributed by atoms with E-state index in [2.05, 4.69) is 20.8 Å². The van der Waals surface area contributed by atoms with Crippen LogP contribution in [0, 0.1) is 29.1 Å². The lowest BCUT2D eigenvalue weighted by molar-refractivity contribution is -0.0917. The molecular formula is C20H29NO4S. The molecule has 1 aliphatic rings. The van der Waals surface area contributed by atoms with Crippen molar-refractivity contribution in [2.75, 3.05) is 12.5 Å². The van der Waals surface area contributed by atoms with E-state index in [1.54, 1.807) is 12.1 Å². The third-order valence-corrected chi connectivity index (χ3v) is 6.45. The third-order valence-electron chi connectivity index (χ3n) is 5.04. The van der Waals surface area contributed by atoms with Crippen LogP contribution >= 0.6 is 0 Å². The summed E-state index contributed by atoms with van der Waals surface area (Å²) < 4.78 is 23.7. The summed E-state index contributed by atoms with van der Waals surface area (Å²) in [6.07, 6.45) is 3.88. The molecule has 0 heterocycles. The van der Waals surface area contributed by atoms with E-state index in [1.165, 1.54) is 18.9 Å². The molecule has 0 aromatic heterocycles. The molecule has 6 heteroatoms. The molecule has 1 N–H and O–H groups in total. The van der Waals surface area contributed by atoms with Crippen molar-refractivity contribution in [1.82, 2.24) is 0 Å². The maximum absolute atomic E-state index is 12.0. The highest BCUT2D eigenvalue weighted by molar-refractivity contribution is 7.85. The first-order chi connectivity index (χ1) is 12.4. The Kier molecular flexibility index (Phi) is 7.92. The summed E-state index contributed by atoms with van der Waals surface area (Å²) in [6, 6.07) is 6.66. The van der Waals surface area contributed by atoms with Crippen molar-refractivity contribution in [2.45, 2.75) is 57.5 Å². The lowest BCUT2D eigenvalue weighted by atomic mass is 9.75. The lowest BCUT2D eigenvalue weighted by Gasteiger charge is -2.36. The summed E-state index contributed by atoms with van der Waals surface area (Å²) >= 11 is 0. The average molecular weight is 380 g/mol. The maximum Gasteiger partial charge on any atom is 0.189 e. The normalized spacial score (nSPS) is 24.2. The molecular weight excluding hydrogens is 350 g/mol. The monoisotopic (exact) mass is 379 g/mol. The molecule has 1 aliphatic carbocycles. The number of nitrogens with zero attached hydrogens (tertiary/aromatic N) is 1. The van der Waals surface area contributed by atoms with Crippen LogP contribution < -0.4 is 4.74 Å². The van der Waals surface area contributed by atoms with Gasteiger partial charge >= 0.3 is 0 Å². The quantitative estimate of drug-likeness (QED) is 0.684. The van der Waals surface area contributed by atoms with Crippen LogP contribution in [0.25, 0.3) is 0 Å². The Morgan fingerprint density at radius 3 is 2.81 bits per heavy atom. The van der Waals surface area contributed by atoms with Crippen molar-refractivity contribution in [1.29, 1.82) is 5.26 Å². The second kappa shape index (κ2) is 9.94. The van der Waals surface area contributed by atoms with Crippen molar-refractivity contribution in [3.05, 3.63) is 18.2 Å². The predicted octanol–water partition coefficient (Wildman–Crippen LogP) is 4.23. The van der Waals surface area contributed by atoms with Crippen LogP contribution in [0.15, 0.2) is 23.1 Å². The Hall–Kier alpha value is -1.58. The summed E-state index contributed by atoms with van der Waals surface area (Å²) in [5.74, 6) is 2.41. The number of ether oxygens (including phenoxy) is 2. The Balaban J connectivity index is 1.90. The molecule has 1 fully saturated rings. The standard InChI is InChI=1S/C20H29NO4S/c1-14(2)17-7-5-15(3)11-19(17)25-13-24-16-6-8-20(18(22)12-16)26(23)10-4-9-21/h6,8,12,14-15,17,19,22H,4-5,7,10-11,13H2,1-3H3/t15-,17+,19-,26?/m1/s1. The number of phenols is 1. The van der Waals surface area contributed by atoms with Gasteiger partial charge in [0.2, 0.25) is 0 Å². The second-order valence-electron chi connectivity index (χ2n) is 7.38. The van der Waals surface area contributed by atoms with Crippen molar-refractivity contribution >= 4 is 10.8 Å². The van der Waals surface area contributed by atoms with Gasteiger partial charge in [-0.3, -0.25) is 4.21 Å². The number of hydrogen-bond acceptors (Lipinski definition) is 5. The number of hydrogen-bond donors (Lipinski definition) is 1. The minimum absolute atomic E-state index is 0.0786. The number of phenolic OH excluding ortho intramolecular Hbond substituents is 1. The van der Waals surface area contributed by atoms with Gasteiger partial charge in [-0.1, -0.05) is 27.2 Å². The van der Waals surface area contributed by atoms with Gasteiger partial charge in [0.05, 0.1) is 27.9 Å². The minimum atomic E-state index is -1.39. The first-order valence-electron chi connectivity index (χ1n) is 9.25. The molecule has 0 bridgehead atoms. The van der Waals surface area contributed by atoms with Gasteiger partial charge in [0.15, 0.2) is 6.79 Å². The Bertz CT molecular complexity index is 656. The zero-order valence-corrected chi connectivity index (χ0v) is 16.6. The molecule has 1 aromatic rings. The SMILES string of the molecule is CC(C)[C@@H]1CC[C@@H](C)C[C@H]1OCOc1ccc(S(=O)CCC#N)c(O)c1. The number of benzene rings is 1. The van der Waals surface area contributed by atoms with Crippen LogP contribution in [-0.4, -0.2) is 28.0 Å². The maximum atomic E-state index is 12.0. The summed E-state index contributed by atoms with van der Waals surface area (Å²) in [5, 5.41) is 18.6. The van der Waals surface area contributed by atoms with Gasteiger partial charge in [-0.25, -0.2) is 0 Å². The van der Waals surface area contributed by atoms with Crippen molar-refractivity contribution in [2.24, 2.45) is 17.8 Å². The fraction of sp³-hybridized carbons (Fsp3) is 0.650. The van der Waals surface area contributed by atoms with Crippen LogP contribution in [0.4, 0.5) is 0 Å². The van der Waals surface area contributed by atoms with Crippen molar-refractivity contribution in [3.8, 4) is 17.6 Å². The molecule has 1 unspecified atom stereocenters. The number of aromatic hydroxyl groups is 1. The lowest BCUT2D eigenvalue weighted by Crippen LogP contribution is -2.35. The highest BCUT2D eigenvalue weighted by atomic mass is 32.2. The molecule has 1 saturated carbocycles. The molecule has 144 valence electrons. The first kappa shape index (κ1) is 20.7. The highest BCUT2D eigenvalue weighted by Gasteiger charge is 2.31. The van der Waals surface area contributed by atoms with E-state index in [-0.39, 0.29) is 30.8 Å². The first-order valence-corrected chi connectivity index (χ1v) is 10.6. The number of rotatable bonds is 8. The fourth-order valence-corrected chi connectivity index (χ4v) is 4.53. The summed E-state index contributed by atoms with van der Waals surface area (Å²) in [4.78, 5) is 0.328. The van der Waals surface area contributed by atoms with E-state index in [1.807, 2.05) is 6.07 Å². The molecule has 0 radical (unpaired) electrons. The van der Waals surface area contributed by atoms with Crippen molar-refractivity contribution in [3.63, 3.8) is 0 Å². The van der Waals surface area contributed by atoms with Gasteiger partial charge in [0.1, 0.15) is 11.5 Å². The molecule has 1 aromatic carbocycles. The Labute approximate surface area is 158 Å². The van der Waals surface area contributed by atoms with Gasteiger partial charge < -0.3 is 14.6 Å². The third kappa shape index (κ3) is 5.72. The van der Waals surface area contributed by atoms with E-state index in [9.17, 15) is 9.32 Å². The molecule has 5 nitrogen and oxygen atoms in total. The molecule has 4 atom stereocenters. The summed E-state index contributed by atoms with van der Waals surface area (Å²) in [7, 11) is -1.39. The number of nitriles is 1. The van der Waals surface area contributed by atoms with Crippen LogP contribution in [-0.2, 0) is 15.5 Å².